The lowest BCUT2D eigenvalue weighted by molar-refractivity contribution is -0.161. The van der Waals surface area contributed by atoms with E-state index in [0.29, 0.717) is 12.8 Å². The van der Waals surface area contributed by atoms with Crippen LogP contribution in [0.3, 0.4) is 0 Å². The Labute approximate surface area is 346 Å². The molecule has 6 atom stereocenters. The minimum atomic E-state index is -4.72. The predicted octanol–water partition coefficient (Wildman–Crippen LogP) is 7.35. The highest BCUT2D eigenvalue weighted by atomic mass is 31.2. The van der Waals surface area contributed by atoms with E-state index >= 15 is 0 Å². The van der Waals surface area contributed by atoms with Crippen molar-refractivity contribution in [2.75, 3.05) is 26.4 Å². The summed E-state index contributed by atoms with van der Waals surface area (Å²) < 4.78 is 32.4. The summed E-state index contributed by atoms with van der Waals surface area (Å²) in [6.45, 7) is 1.68. The van der Waals surface area contributed by atoms with Crippen molar-refractivity contribution in [1.82, 2.24) is 0 Å². The van der Waals surface area contributed by atoms with E-state index in [2.05, 4.69) is 47.9 Å². The van der Waals surface area contributed by atoms with E-state index in [4.69, 9.17) is 19.1 Å². The maximum absolute atomic E-state index is 12.6. The van der Waals surface area contributed by atoms with Gasteiger partial charge in [0.2, 0.25) is 0 Å². The highest BCUT2D eigenvalue weighted by molar-refractivity contribution is 7.47. The van der Waals surface area contributed by atoms with Gasteiger partial charge < -0.3 is 39.9 Å². The van der Waals surface area contributed by atoms with Crippen LogP contribution in [0.1, 0.15) is 110 Å². The summed E-state index contributed by atoms with van der Waals surface area (Å²) >= 11 is 0. The van der Waals surface area contributed by atoms with Crippen molar-refractivity contribution in [3.05, 3.63) is 97.2 Å². The van der Waals surface area contributed by atoms with Crippen molar-refractivity contribution in [1.29, 1.82) is 0 Å². The molecular weight excluding hydrogens is 767 g/mol. The summed E-state index contributed by atoms with van der Waals surface area (Å²) in [7, 11) is -4.72. The molecule has 0 spiro atoms. The Balaban J connectivity index is 4.75. The maximum atomic E-state index is 12.6. The van der Waals surface area contributed by atoms with E-state index in [1.165, 1.54) is 25.3 Å². The van der Waals surface area contributed by atoms with E-state index in [-0.39, 0.29) is 25.7 Å². The number of aliphatic hydroxyl groups is 5. The lowest BCUT2D eigenvalue weighted by atomic mass is 10.1. The fourth-order valence-corrected chi connectivity index (χ4v) is 5.54. The molecule has 0 radical (unpaired) electrons. The van der Waals surface area contributed by atoms with Crippen LogP contribution in [0.25, 0.3) is 0 Å². The molecule has 0 aromatic heterocycles. The molecular formula is C44H71O13P. The van der Waals surface area contributed by atoms with Crippen molar-refractivity contribution in [3.63, 3.8) is 0 Å². The number of unbranched alkanes of at least 4 members (excludes halogenated alkanes) is 5. The molecule has 58 heavy (non-hydrogen) atoms. The Bertz CT molecular complexity index is 1330. The zero-order valence-electron chi connectivity index (χ0n) is 34.5. The Morgan fingerprint density at radius 1 is 0.655 bits per heavy atom. The number of phosphoric acid groups is 1. The predicted molar refractivity (Wildman–Crippen MR) is 227 cm³/mol. The molecule has 330 valence electrons. The summed E-state index contributed by atoms with van der Waals surface area (Å²) in [6, 6.07) is 0. The van der Waals surface area contributed by atoms with E-state index in [0.717, 1.165) is 38.5 Å². The molecule has 0 saturated heterocycles. The number of allylic oxidation sites excluding steroid dienone is 13. The fourth-order valence-electron chi connectivity index (χ4n) is 4.75. The second-order valence-electron chi connectivity index (χ2n) is 13.5. The second-order valence-corrected chi connectivity index (χ2v) is 14.9. The second kappa shape index (κ2) is 38.0. The SMILES string of the molecule is CC/C=C\C[C@@H](O)/C=C/C=C/C=C\C=C/[C@H](O)[C@@H](O)CCCC(=O)OC[C@H](COP(=O)(O)OC[C@@H](O)CO)OC(=O)CCCC/C=C\C/C=C\C/C=C\CCCCC. The first-order valence-electron chi connectivity index (χ1n) is 20.5. The standard InChI is InChI=1S/C44H71O13P/c1-3-5-7-8-9-10-11-12-13-14-15-16-17-22-26-32-44(51)57-40(37-56-58(52,53)55-35-39(47)34-45)36-54-43(50)33-27-31-42(49)41(48)30-25-21-19-18-20-24-29-38(46)28-23-6-4-2/h6,9-10,12-13,15-16,18-21,23-25,29-30,38-42,45-49H,3-5,7-8,11,14,17,22,26-28,31-37H2,1-2H3,(H,52,53)/b10-9-,13-12-,16-15-,20-18+,21-19-,23-6-,29-24+,30-25-/t38-,39+,40-,41+,42+/m1/s1. The molecule has 13 nitrogen and oxygen atoms in total. The van der Waals surface area contributed by atoms with Crippen molar-refractivity contribution in [2.45, 2.75) is 141 Å². The van der Waals surface area contributed by atoms with E-state index in [1.54, 1.807) is 42.5 Å². The summed E-state index contributed by atoms with van der Waals surface area (Å²) in [5.74, 6) is -1.32. The quantitative estimate of drug-likeness (QED) is 0.0120. The number of phosphoric ester groups is 1. The van der Waals surface area contributed by atoms with Gasteiger partial charge in [-0.25, -0.2) is 4.57 Å². The lowest BCUT2D eigenvalue weighted by Crippen LogP contribution is -2.30. The Morgan fingerprint density at radius 3 is 1.88 bits per heavy atom. The molecule has 0 fully saturated rings. The molecule has 0 aliphatic carbocycles. The molecule has 0 bridgehead atoms. The number of rotatable bonds is 36. The molecule has 0 aromatic rings. The Morgan fingerprint density at radius 2 is 1.24 bits per heavy atom. The first-order chi connectivity index (χ1) is 27.9. The zero-order valence-corrected chi connectivity index (χ0v) is 35.4. The highest BCUT2D eigenvalue weighted by Gasteiger charge is 2.27. The average Bonchev–Trinajstić information content (AvgIpc) is 3.20. The monoisotopic (exact) mass is 838 g/mol. The number of aliphatic hydroxyl groups excluding tert-OH is 5. The van der Waals surface area contributed by atoms with E-state index in [1.807, 2.05) is 19.1 Å². The number of carbonyl (C=O) groups excluding carboxylic acids is 2. The maximum Gasteiger partial charge on any atom is 0.472 e. The van der Waals surface area contributed by atoms with Crippen LogP contribution in [-0.4, -0.2) is 99.3 Å². The molecule has 0 aromatic carbocycles. The Hall–Kier alpha value is -3.23. The fraction of sp³-hybridized carbons (Fsp3) is 0.591. The largest absolute Gasteiger partial charge is 0.472 e. The number of hydrogen-bond donors (Lipinski definition) is 6. The van der Waals surface area contributed by atoms with Gasteiger partial charge in [0.15, 0.2) is 6.10 Å². The van der Waals surface area contributed by atoms with Gasteiger partial charge >= 0.3 is 19.8 Å². The average molecular weight is 839 g/mol. The number of ether oxygens (including phenoxy) is 2. The minimum absolute atomic E-state index is 0.0552. The van der Waals surface area contributed by atoms with Gasteiger partial charge in [-0.15, -0.1) is 0 Å². The van der Waals surface area contributed by atoms with Crippen LogP contribution >= 0.6 is 7.82 Å². The third-order valence-corrected chi connectivity index (χ3v) is 9.02. The van der Waals surface area contributed by atoms with Crippen LogP contribution in [0.4, 0.5) is 0 Å². The van der Waals surface area contributed by atoms with Gasteiger partial charge in [-0.2, -0.15) is 0 Å². The molecule has 6 N–H and O–H groups in total. The summed E-state index contributed by atoms with van der Waals surface area (Å²) in [4.78, 5) is 35.0. The van der Waals surface area contributed by atoms with Crippen LogP contribution in [-0.2, 0) is 32.7 Å². The molecule has 0 heterocycles. The topological polar surface area (TPSA) is 210 Å². The molecule has 0 aliphatic heterocycles. The van der Waals surface area contributed by atoms with Crippen LogP contribution in [0, 0.1) is 0 Å². The first-order valence-corrected chi connectivity index (χ1v) is 22.0. The highest BCUT2D eigenvalue weighted by Crippen LogP contribution is 2.43. The van der Waals surface area contributed by atoms with Crippen molar-refractivity contribution >= 4 is 19.8 Å². The van der Waals surface area contributed by atoms with E-state index < -0.39 is 76.7 Å². The van der Waals surface area contributed by atoms with Gasteiger partial charge in [0.1, 0.15) is 12.7 Å². The van der Waals surface area contributed by atoms with Crippen molar-refractivity contribution < 1.29 is 63.1 Å². The van der Waals surface area contributed by atoms with Gasteiger partial charge in [-0.3, -0.25) is 18.6 Å². The normalized spacial score (nSPS) is 16.5. The summed E-state index contributed by atoms with van der Waals surface area (Å²) in [5, 5.41) is 48.6. The summed E-state index contributed by atoms with van der Waals surface area (Å²) in [5.41, 5.74) is 0. The zero-order chi connectivity index (χ0) is 43.1. The van der Waals surface area contributed by atoms with Gasteiger partial charge in [0, 0.05) is 12.8 Å². The number of hydrogen-bond acceptors (Lipinski definition) is 12. The molecule has 0 aliphatic rings. The lowest BCUT2D eigenvalue weighted by Gasteiger charge is -2.20. The first kappa shape index (κ1) is 54.8. The van der Waals surface area contributed by atoms with Crippen molar-refractivity contribution in [2.24, 2.45) is 0 Å². The number of esters is 2. The van der Waals surface area contributed by atoms with Gasteiger partial charge in [-0.05, 0) is 70.6 Å². The van der Waals surface area contributed by atoms with Crippen LogP contribution < -0.4 is 0 Å². The summed E-state index contributed by atoms with van der Waals surface area (Å²) in [6.07, 6.45) is 34.7. The van der Waals surface area contributed by atoms with Crippen LogP contribution in [0.5, 0.6) is 0 Å². The van der Waals surface area contributed by atoms with Gasteiger partial charge in [0.05, 0.1) is 38.1 Å². The molecule has 0 rings (SSSR count). The van der Waals surface area contributed by atoms with Gasteiger partial charge in [0.25, 0.3) is 0 Å². The smallest absolute Gasteiger partial charge is 0.462 e. The molecule has 14 heteroatoms. The van der Waals surface area contributed by atoms with Crippen molar-refractivity contribution in [3.8, 4) is 0 Å². The third kappa shape index (κ3) is 35.9. The van der Waals surface area contributed by atoms with E-state index in [9.17, 15) is 39.5 Å². The third-order valence-electron chi connectivity index (χ3n) is 8.07. The minimum Gasteiger partial charge on any atom is -0.462 e. The number of carbonyl (C=O) groups is 2. The molecule has 0 amide bonds. The van der Waals surface area contributed by atoms with Crippen LogP contribution in [0.2, 0.25) is 0 Å². The molecule has 1 unspecified atom stereocenters. The van der Waals surface area contributed by atoms with Crippen LogP contribution in [0.15, 0.2) is 97.2 Å². The van der Waals surface area contributed by atoms with Gasteiger partial charge in [-0.1, -0.05) is 124 Å². The Kier molecular flexibility index (Phi) is 35.9. The molecule has 0 saturated carbocycles.